The van der Waals surface area contributed by atoms with Gasteiger partial charge in [0.15, 0.2) is 11.5 Å². The molecule has 4 heteroatoms. The van der Waals surface area contributed by atoms with Crippen molar-refractivity contribution in [3.05, 3.63) is 67.3 Å². The Morgan fingerprint density at radius 1 is 1.14 bits per heavy atom. The molecular formula is C17H18O4. The van der Waals surface area contributed by atoms with Gasteiger partial charge in [-0.15, -0.1) is 0 Å². The fourth-order valence-corrected chi connectivity index (χ4v) is 1.36. The minimum atomic E-state index is -0.359. The van der Waals surface area contributed by atoms with Crippen molar-refractivity contribution >= 4 is 5.97 Å². The van der Waals surface area contributed by atoms with Gasteiger partial charge < -0.3 is 14.6 Å². The number of para-hydroxylation sites is 3. The number of phenolic OH excluding ortho intramolecular Hbond substituents is 1. The summed E-state index contributed by atoms with van der Waals surface area (Å²) in [6.07, 6.45) is 1.14. The zero-order valence-corrected chi connectivity index (χ0v) is 11.9. The predicted molar refractivity (Wildman–Crippen MR) is 81.5 cm³/mol. The molecule has 2 aromatic rings. The van der Waals surface area contributed by atoms with E-state index in [2.05, 4.69) is 11.3 Å². The second kappa shape index (κ2) is 9.20. The monoisotopic (exact) mass is 286 g/mol. The van der Waals surface area contributed by atoms with Crippen LogP contribution in [0.1, 0.15) is 6.92 Å². The molecule has 0 spiro atoms. The van der Waals surface area contributed by atoms with Crippen LogP contribution in [0.2, 0.25) is 0 Å². The molecule has 0 atom stereocenters. The average molecular weight is 286 g/mol. The van der Waals surface area contributed by atoms with E-state index in [9.17, 15) is 9.90 Å². The standard InChI is InChI=1S/C12H10O2.C5H8O2/c13-11-8-4-5-9-12(11)14-10-6-2-1-3-7-10;1-3-5(6)7-4-2/h1-9,13H;3H,1,4H2,2H3. The molecule has 4 nitrogen and oxygen atoms in total. The van der Waals surface area contributed by atoms with Crippen molar-refractivity contribution in [3.63, 3.8) is 0 Å². The lowest BCUT2D eigenvalue weighted by Crippen LogP contribution is -1.97. The zero-order valence-electron chi connectivity index (χ0n) is 11.9. The number of hydrogen-bond acceptors (Lipinski definition) is 4. The molecule has 0 aromatic heterocycles. The summed E-state index contributed by atoms with van der Waals surface area (Å²) in [6.45, 7) is 5.38. The van der Waals surface area contributed by atoms with Gasteiger partial charge in [-0.05, 0) is 31.2 Å². The van der Waals surface area contributed by atoms with Gasteiger partial charge in [0.2, 0.25) is 0 Å². The summed E-state index contributed by atoms with van der Waals surface area (Å²) < 4.78 is 9.89. The fourth-order valence-electron chi connectivity index (χ4n) is 1.36. The Bertz CT molecular complexity index is 564. The van der Waals surface area contributed by atoms with Crippen molar-refractivity contribution in [2.75, 3.05) is 6.61 Å². The highest BCUT2D eigenvalue weighted by molar-refractivity contribution is 5.81. The number of benzene rings is 2. The van der Waals surface area contributed by atoms with Gasteiger partial charge in [0.05, 0.1) is 6.61 Å². The van der Waals surface area contributed by atoms with Crippen molar-refractivity contribution < 1.29 is 19.4 Å². The predicted octanol–water partition coefficient (Wildman–Crippen LogP) is 3.92. The van der Waals surface area contributed by atoms with Gasteiger partial charge in [-0.2, -0.15) is 0 Å². The van der Waals surface area contributed by atoms with Crippen LogP contribution >= 0.6 is 0 Å². The van der Waals surface area contributed by atoms with Crippen molar-refractivity contribution in [1.29, 1.82) is 0 Å². The van der Waals surface area contributed by atoms with Gasteiger partial charge in [-0.3, -0.25) is 0 Å². The van der Waals surface area contributed by atoms with E-state index in [0.717, 1.165) is 6.08 Å². The number of carbonyl (C=O) groups excluding carboxylic acids is 1. The minimum Gasteiger partial charge on any atom is -0.504 e. The number of aromatic hydroxyl groups is 1. The van der Waals surface area contributed by atoms with Crippen LogP contribution in [-0.2, 0) is 9.53 Å². The van der Waals surface area contributed by atoms with Crippen molar-refractivity contribution in [2.45, 2.75) is 6.92 Å². The van der Waals surface area contributed by atoms with Crippen LogP contribution in [-0.4, -0.2) is 17.7 Å². The molecular weight excluding hydrogens is 268 g/mol. The first-order chi connectivity index (χ1) is 10.2. The third-order valence-corrected chi connectivity index (χ3v) is 2.29. The van der Waals surface area contributed by atoms with Gasteiger partial charge in [0.1, 0.15) is 5.75 Å². The molecule has 0 unspecified atom stereocenters. The lowest BCUT2D eigenvalue weighted by molar-refractivity contribution is -0.137. The van der Waals surface area contributed by atoms with Crippen molar-refractivity contribution in [2.24, 2.45) is 0 Å². The van der Waals surface area contributed by atoms with E-state index < -0.39 is 0 Å². The Morgan fingerprint density at radius 2 is 1.76 bits per heavy atom. The molecule has 0 radical (unpaired) electrons. The second-order valence-corrected chi connectivity index (χ2v) is 3.84. The van der Waals surface area contributed by atoms with E-state index in [1.807, 2.05) is 36.4 Å². The van der Waals surface area contributed by atoms with Gasteiger partial charge >= 0.3 is 5.97 Å². The molecule has 110 valence electrons. The number of hydrogen-bond donors (Lipinski definition) is 1. The quantitative estimate of drug-likeness (QED) is 0.683. The van der Waals surface area contributed by atoms with Crippen LogP contribution < -0.4 is 4.74 Å². The largest absolute Gasteiger partial charge is 0.504 e. The number of phenols is 1. The SMILES string of the molecule is C=CC(=O)OCC.Oc1ccccc1Oc1ccccc1. The summed E-state index contributed by atoms with van der Waals surface area (Å²) in [5.41, 5.74) is 0. The van der Waals surface area contributed by atoms with E-state index in [0.29, 0.717) is 18.1 Å². The summed E-state index contributed by atoms with van der Waals surface area (Å²) in [7, 11) is 0. The molecule has 0 aliphatic rings. The van der Waals surface area contributed by atoms with Crippen molar-refractivity contribution in [3.8, 4) is 17.2 Å². The molecule has 0 saturated heterocycles. The Labute approximate surface area is 124 Å². The molecule has 0 amide bonds. The summed E-state index contributed by atoms with van der Waals surface area (Å²) in [5.74, 6) is 0.978. The first kappa shape index (κ1) is 16.3. The Hall–Kier alpha value is -2.75. The van der Waals surface area contributed by atoms with Crippen LogP contribution in [0.3, 0.4) is 0 Å². The molecule has 21 heavy (non-hydrogen) atoms. The Morgan fingerprint density at radius 3 is 2.29 bits per heavy atom. The van der Waals surface area contributed by atoms with Gasteiger partial charge in [0.25, 0.3) is 0 Å². The summed E-state index contributed by atoms with van der Waals surface area (Å²) in [5, 5.41) is 9.45. The van der Waals surface area contributed by atoms with E-state index in [4.69, 9.17) is 4.74 Å². The molecule has 1 N–H and O–H groups in total. The van der Waals surface area contributed by atoms with Crippen LogP contribution in [0.15, 0.2) is 67.3 Å². The highest BCUT2D eigenvalue weighted by Crippen LogP contribution is 2.29. The van der Waals surface area contributed by atoms with Crippen LogP contribution in [0, 0.1) is 0 Å². The highest BCUT2D eigenvalue weighted by atomic mass is 16.5. The normalized spacial score (nSPS) is 9.00. The smallest absolute Gasteiger partial charge is 0.330 e. The summed E-state index contributed by atoms with van der Waals surface area (Å²) in [6, 6.07) is 16.3. The summed E-state index contributed by atoms with van der Waals surface area (Å²) >= 11 is 0. The van der Waals surface area contributed by atoms with Gasteiger partial charge in [-0.25, -0.2) is 4.79 Å². The molecule has 0 fully saturated rings. The lowest BCUT2D eigenvalue weighted by atomic mass is 10.3. The van der Waals surface area contributed by atoms with Gasteiger partial charge in [0, 0.05) is 6.08 Å². The molecule has 0 saturated carbocycles. The van der Waals surface area contributed by atoms with E-state index in [1.165, 1.54) is 0 Å². The first-order valence-electron chi connectivity index (χ1n) is 6.47. The zero-order chi connectivity index (χ0) is 15.5. The van der Waals surface area contributed by atoms with E-state index >= 15 is 0 Å². The molecule has 0 aliphatic heterocycles. The number of esters is 1. The number of ether oxygens (including phenoxy) is 2. The maximum Gasteiger partial charge on any atom is 0.330 e. The lowest BCUT2D eigenvalue weighted by Gasteiger charge is -2.06. The Kier molecular flexibility index (Phi) is 7.14. The average Bonchev–Trinajstić information content (AvgIpc) is 2.51. The Balaban J connectivity index is 0.000000270. The molecule has 2 rings (SSSR count). The van der Waals surface area contributed by atoms with Crippen LogP contribution in [0.25, 0.3) is 0 Å². The maximum absolute atomic E-state index is 10.1. The molecule has 2 aromatic carbocycles. The minimum absolute atomic E-state index is 0.149. The third kappa shape index (κ3) is 6.29. The molecule has 0 aliphatic carbocycles. The highest BCUT2D eigenvalue weighted by Gasteiger charge is 2.00. The maximum atomic E-state index is 10.1. The van der Waals surface area contributed by atoms with Crippen molar-refractivity contribution in [1.82, 2.24) is 0 Å². The first-order valence-corrected chi connectivity index (χ1v) is 6.47. The second-order valence-electron chi connectivity index (χ2n) is 3.84. The fraction of sp³-hybridized carbons (Fsp3) is 0.118. The van der Waals surface area contributed by atoms with E-state index in [-0.39, 0.29) is 11.7 Å². The van der Waals surface area contributed by atoms with E-state index in [1.54, 1.807) is 25.1 Å². The number of carbonyl (C=O) groups is 1. The van der Waals surface area contributed by atoms with Crippen LogP contribution in [0.5, 0.6) is 17.2 Å². The topological polar surface area (TPSA) is 55.8 Å². The third-order valence-electron chi connectivity index (χ3n) is 2.29. The van der Waals surface area contributed by atoms with Crippen LogP contribution in [0.4, 0.5) is 0 Å². The molecule has 0 bridgehead atoms. The van der Waals surface area contributed by atoms with Gasteiger partial charge in [-0.1, -0.05) is 36.9 Å². The molecule has 0 heterocycles. The summed E-state index contributed by atoms with van der Waals surface area (Å²) in [4.78, 5) is 10.1. The number of rotatable bonds is 4.